The van der Waals surface area contributed by atoms with Crippen molar-refractivity contribution in [3.8, 4) is 0 Å². The van der Waals surface area contributed by atoms with Gasteiger partial charge in [-0.2, -0.15) is 0 Å². The first-order valence-electron chi connectivity index (χ1n) is 4.85. The van der Waals surface area contributed by atoms with Crippen molar-refractivity contribution in [3.63, 3.8) is 0 Å². The number of hydrogen-bond acceptors (Lipinski definition) is 3. The van der Waals surface area contributed by atoms with E-state index in [-0.39, 0.29) is 5.97 Å². The van der Waals surface area contributed by atoms with Crippen LogP contribution >= 0.6 is 0 Å². The smallest absolute Gasteiger partial charge is 0.332 e. The molecule has 0 bridgehead atoms. The summed E-state index contributed by atoms with van der Waals surface area (Å²) in [5.74, 6) is -0.0108. The van der Waals surface area contributed by atoms with E-state index >= 15 is 0 Å². The quantitative estimate of drug-likeness (QED) is 0.416. The molecule has 0 aliphatic carbocycles. The minimum Gasteiger partial charge on any atom is -0.463 e. The number of carbonyl (C=O) groups excluding carboxylic acids is 1. The maximum absolute atomic E-state index is 11.0. The fourth-order valence-corrected chi connectivity index (χ4v) is 1.16. The topological polar surface area (TPSA) is 52.3 Å². The SMILES string of the molecule is C/C=C/[C@H](C)C/C(N)=C/C(=O)OCC. The third-order valence-electron chi connectivity index (χ3n) is 1.67. The molecule has 0 fully saturated rings. The third-order valence-corrected chi connectivity index (χ3v) is 1.67. The summed E-state index contributed by atoms with van der Waals surface area (Å²) in [6.45, 7) is 6.16. The van der Waals surface area contributed by atoms with Crippen molar-refractivity contribution in [1.82, 2.24) is 0 Å². The Kier molecular flexibility index (Phi) is 6.54. The predicted octanol–water partition coefficient (Wildman–Crippen LogP) is 1.99. The zero-order valence-electron chi connectivity index (χ0n) is 9.12. The van der Waals surface area contributed by atoms with Gasteiger partial charge in [-0.05, 0) is 26.2 Å². The van der Waals surface area contributed by atoms with E-state index in [9.17, 15) is 4.79 Å². The summed E-state index contributed by atoms with van der Waals surface area (Å²) >= 11 is 0. The molecule has 0 heterocycles. The van der Waals surface area contributed by atoms with Crippen molar-refractivity contribution in [2.45, 2.75) is 27.2 Å². The number of rotatable bonds is 5. The van der Waals surface area contributed by atoms with Crippen LogP contribution in [0.15, 0.2) is 23.9 Å². The molecule has 0 rings (SSSR count). The zero-order chi connectivity index (χ0) is 11.0. The Hall–Kier alpha value is -1.25. The molecular weight excluding hydrogens is 178 g/mol. The summed E-state index contributed by atoms with van der Waals surface area (Å²) in [4.78, 5) is 11.0. The molecule has 0 saturated carbocycles. The van der Waals surface area contributed by atoms with Crippen LogP contribution in [-0.2, 0) is 9.53 Å². The van der Waals surface area contributed by atoms with Crippen molar-refractivity contribution in [1.29, 1.82) is 0 Å². The maximum Gasteiger partial charge on any atom is 0.332 e. The van der Waals surface area contributed by atoms with Crippen LogP contribution in [-0.4, -0.2) is 12.6 Å². The largest absolute Gasteiger partial charge is 0.463 e. The molecule has 1 atom stereocenters. The number of hydrogen-bond donors (Lipinski definition) is 1. The summed E-state index contributed by atoms with van der Waals surface area (Å²) in [5, 5.41) is 0. The molecule has 0 aromatic rings. The normalized spacial score (nSPS) is 14.4. The molecule has 14 heavy (non-hydrogen) atoms. The van der Waals surface area contributed by atoms with Crippen LogP contribution in [0.3, 0.4) is 0 Å². The van der Waals surface area contributed by atoms with E-state index in [4.69, 9.17) is 10.5 Å². The summed E-state index contributed by atoms with van der Waals surface area (Å²) in [6.07, 6.45) is 6.06. The van der Waals surface area contributed by atoms with Gasteiger partial charge in [0.15, 0.2) is 0 Å². The van der Waals surface area contributed by atoms with Gasteiger partial charge in [-0.3, -0.25) is 0 Å². The number of esters is 1. The molecule has 0 aromatic carbocycles. The summed E-state index contributed by atoms with van der Waals surface area (Å²) in [6, 6.07) is 0. The number of carbonyl (C=O) groups is 1. The second-order valence-electron chi connectivity index (χ2n) is 3.18. The van der Waals surface area contributed by atoms with Gasteiger partial charge in [0.25, 0.3) is 0 Å². The molecule has 0 radical (unpaired) electrons. The van der Waals surface area contributed by atoms with Crippen LogP contribution in [0.25, 0.3) is 0 Å². The Balaban J connectivity index is 4.05. The molecule has 0 unspecified atom stereocenters. The molecule has 80 valence electrons. The van der Waals surface area contributed by atoms with Crippen LogP contribution in [0.1, 0.15) is 27.2 Å². The molecular formula is C11H19NO2. The van der Waals surface area contributed by atoms with Crippen molar-refractivity contribution in [2.75, 3.05) is 6.61 Å². The minimum absolute atomic E-state index is 0.352. The molecule has 0 aromatic heterocycles. The Bertz CT molecular complexity index is 231. The fraction of sp³-hybridized carbons (Fsp3) is 0.545. The summed E-state index contributed by atoms with van der Waals surface area (Å²) in [5.41, 5.74) is 6.23. The maximum atomic E-state index is 11.0. The number of ether oxygens (including phenoxy) is 1. The van der Waals surface area contributed by atoms with Crippen LogP contribution in [0.2, 0.25) is 0 Å². The zero-order valence-corrected chi connectivity index (χ0v) is 9.12. The highest BCUT2D eigenvalue weighted by Crippen LogP contribution is 2.08. The average molecular weight is 197 g/mol. The lowest BCUT2D eigenvalue weighted by Crippen LogP contribution is -2.08. The Morgan fingerprint density at radius 3 is 2.71 bits per heavy atom. The van der Waals surface area contributed by atoms with Crippen molar-refractivity contribution in [3.05, 3.63) is 23.9 Å². The van der Waals surface area contributed by atoms with Gasteiger partial charge in [-0.1, -0.05) is 19.1 Å². The van der Waals surface area contributed by atoms with E-state index in [0.717, 1.165) is 0 Å². The third kappa shape index (κ3) is 6.29. The molecule has 3 heteroatoms. The Morgan fingerprint density at radius 1 is 1.57 bits per heavy atom. The standard InChI is InChI=1S/C11H19NO2/c1-4-6-9(3)7-10(12)8-11(13)14-5-2/h4,6,8-9H,5,7,12H2,1-3H3/b6-4+,10-8-/t9-/m0/s1. The first kappa shape index (κ1) is 12.8. The van der Waals surface area contributed by atoms with Crippen molar-refractivity contribution in [2.24, 2.45) is 11.7 Å². The van der Waals surface area contributed by atoms with E-state index < -0.39 is 0 Å². The van der Waals surface area contributed by atoms with Crippen LogP contribution in [0.4, 0.5) is 0 Å². The molecule has 3 nitrogen and oxygen atoms in total. The first-order valence-corrected chi connectivity index (χ1v) is 4.85. The van der Waals surface area contributed by atoms with Gasteiger partial charge in [0.1, 0.15) is 0 Å². The molecule has 2 N–H and O–H groups in total. The van der Waals surface area contributed by atoms with E-state index in [2.05, 4.69) is 0 Å². The summed E-state index contributed by atoms with van der Waals surface area (Å²) in [7, 11) is 0. The van der Waals surface area contributed by atoms with E-state index in [0.29, 0.717) is 24.6 Å². The second kappa shape index (κ2) is 7.18. The van der Waals surface area contributed by atoms with Gasteiger partial charge in [-0.25, -0.2) is 4.79 Å². The molecule has 0 saturated heterocycles. The van der Waals surface area contributed by atoms with Crippen LogP contribution in [0, 0.1) is 5.92 Å². The predicted molar refractivity (Wildman–Crippen MR) is 57.5 cm³/mol. The highest BCUT2D eigenvalue weighted by atomic mass is 16.5. The molecule has 0 aliphatic rings. The lowest BCUT2D eigenvalue weighted by atomic mass is 10.1. The second-order valence-corrected chi connectivity index (χ2v) is 3.18. The number of allylic oxidation sites excluding steroid dienone is 3. The van der Waals surface area contributed by atoms with Crippen LogP contribution < -0.4 is 5.73 Å². The van der Waals surface area contributed by atoms with Gasteiger partial charge in [0.2, 0.25) is 0 Å². The van der Waals surface area contributed by atoms with E-state index in [1.165, 1.54) is 6.08 Å². The average Bonchev–Trinajstić information content (AvgIpc) is 2.03. The highest BCUT2D eigenvalue weighted by Gasteiger charge is 2.02. The van der Waals surface area contributed by atoms with Crippen molar-refractivity contribution >= 4 is 5.97 Å². The van der Waals surface area contributed by atoms with Crippen molar-refractivity contribution < 1.29 is 9.53 Å². The fourth-order valence-electron chi connectivity index (χ4n) is 1.16. The van der Waals surface area contributed by atoms with Gasteiger partial charge in [-0.15, -0.1) is 0 Å². The number of nitrogens with two attached hydrogens (primary N) is 1. The van der Waals surface area contributed by atoms with Gasteiger partial charge < -0.3 is 10.5 Å². The lowest BCUT2D eigenvalue weighted by molar-refractivity contribution is -0.137. The van der Waals surface area contributed by atoms with Gasteiger partial charge >= 0.3 is 5.97 Å². The monoisotopic (exact) mass is 197 g/mol. The molecule has 0 amide bonds. The van der Waals surface area contributed by atoms with Gasteiger partial charge in [0.05, 0.1) is 6.61 Å². The lowest BCUT2D eigenvalue weighted by Gasteiger charge is -2.05. The Morgan fingerprint density at radius 2 is 2.21 bits per heavy atom. The Labute approximate surface area is 85.6 Å². The van der Waals surface area contributed by atoms with E-state index in [1.54, 1.807) is 6.92 Å². The molecule has 0 spiro atoms. The highest BCUT2D eigenvalue weighted by molar-refractivity contribution is 5.82. The van der Waals surface area contributed by atoms with Gasteiger partial charge in [0, 0.05) is 11.8 Å². The first-order chi connectivity index (χ1) is 6.60. The van der Waals surface area contributed by atoms with E-state index in [1.807, 2.05) is 26.0 Å². The summed E-state index contributed by atoms with van der Waals surface area (Å²) < 4.78 is 4.74. The molecule has 0 aliphatic heterocycles. The van der Waals surface area contributed by atoms with Crippen LogP contribution in [0.5, 0.6) is 0 Å². The minimum atomic E-state index is -0.363.